The number of nitrogen functional groups attached to an aromatic ring is 1. The Labute approximate surface area is 90.5 Å². The van der Waals surface area contributed by atoms with Crippen LogP contribution in [-0.4, -0.2) is 5.78 Å². The zero-order valence-corrected chi connectivity index (χ0v) is 8.92. The van der Waals surface area contributed by atoms with E-state index in [0.29, 0.717) is 11.3 Å². The van der Waals surface area contributed by atoms with Crippen LogP contribution in [0, 0.1) is 11.8 Å². The molecule has 0 unspecified atom stereocenters. The summed E-state index contributed by atoms with van der Waals surface area (Å²) in [5, 5.41) is 0. The molecule has 0 radical (unpaired) electrons. The Kier molecular flexibility index (Phi) is 4.43. The Morgan fingerprint density at radius 1 is 1.40 bits per heavy atom. The van der Waals surface area contributed by atoms with Gasteiger partial charge in [0.1, 0.15) is 0 Å². The summed E-state index contributed by atoms with van der Waals surface area (Å²) in [5.74, 6) is 5.27. The summed E-state index contributed by atoms with van der Waals surface area (Å²) >= 11 is 0. The minimum absolute atomic E-state index is 0.191. The monoisotopic (exact) mass is 201 g/mol. The van der Waals surface area contributed by atoms with Gasteiger partial charge in [-0.25, -0.2) is 0 Å². The molecule has 2 N–H and O–H groups in total. The second kappa shape index (κ2) is 5.87. The maximum atomic E-state index is 11.6. The molecule has 1 rings (SSSR count). The lowest BCUT2D eigenvalue weighted by Crippen LogP contribution is -2.00. The van der Waals surface area contributed by atoms with Gasteiger partial charge < -0.3 is 5.73 Å². The highest BCUT2D eigenvalue weighted by molar-refractivity contribution is 6.12. The number of carbonyl (C=O) groups excluding carboxylic acids is 1. The molecule has 78 valence electrons. The molecule has 0 heterocycles. The lowest BCUT2D eigenvalue weighted by atomic mass is 10.1. The molecule has 0 amide bonds. The van der Waals surface area contributed by atoms with Crippen molar-refractivity contribution < 1.29 is 4.79 Å². The van der Waals surface area contributed by atoms with Crippen LogP contribution in [0.15, 0.2) is 24.3 Å². The van der Waals surface area contributed by atoms with E-state index in [-0.39, 0.29) is 5.78 Å². The summed E-state index contributed by atoms with van der Waals surface area (Å²) in [7, 11) is 0. The van der Waals surface area contributed by atoms with E-state index in [2.05, 4.69) is 18.8 Å². The zero-order chi connectivity index (χ0) is 11.1. The van der Waals surface area contributed by atoms with Gasteiger partial charge in [-0.1, -0.05) is 31.4 Å². The van der Waals surface area contributed by atoms with Crippen molar-refractivity contribution in [2.45, 2.75) is 26.2 Å². The van der Waals surface area contributed by atoms with Crippen molar-refractivity contribution >= 4 is 11.5 Å². The second-order valence-electron chi connectivity index (χ2n) is 3.32. The smallest absolute Gasteiger partial charge is 0.237 e. The number of ketones is 1. The Bertz CT molecular complexity index is 398. The second-order valence-corrected chi connectivity index (χ2v) is 3.32. The molecule has 0 saturated heterocycles. The van der Waals surface area contributed by atoms with Crippen LogP contribution in [0.25, 0.3) is 0 Å². The molecule has 1 aromatic carbocycles. The zero-order valence-electron chi connectivity index (χ0n) is 8.92. The fourth-order valence-corrected chi connectivity index (χ4v) is 1.18. The number of anilines is 1. The predicted molar refractivity (Wildman–Crippen MR) is 62.5 cm³/mol. The summed E-state index contributed by atoms with van der Waals surface area (Å²) in [4.78, 5) is 11.6. The summed E-state index contributed by atoms with van der Waals surface area (Å²) < 4.78 is 0. The van der Waals surface area contributed by atoms with Gasteiger partial charge in [0.05, 0.1) is 5.56 Å². The molecule has 0 fully saturated rings. The van der Waals surface area contributed by atoms with Crippen molar-refractivity contribution in [2.24, 2.45) is 0 Å². The topological polar surface area (TPSA) is 43.1 Å². The number of benzene rings is 1. The van der Waals surface area contributed by atoms with Crippen LogP contribution in [0.2, 0.25) is 0 Å². The van der Waals surface area contributed by atoms with Crippen LogP contribution in [0.5, 0.6) is 0 Å². The summed E-state index contributed by atoms with van der Waals surface area (Å²) in [5.41, 5.74) is 6.66. The van der Waals surface area contributed by atoms with Crippen LogP contribution >= 0.6 is 0 Å². The standard InChI is InChI=1S/C13H15NO/c1-2-3-4-5-10-13(15)11-8-6-7-9-12(11)14/h6-9H,2-4,14H2,1H3. The van der Waals surface area contributed by atoms with Crippen LogP contribution in [0.4, 0.5) is 5.69 Å². The van der Waals surface area contributed by atoms with E-state index >= 15 is 0 Å². The third kappa shape index (κ3) is 3.47. The highest BCUT2D eigenvalue weighted by Crippen LogP contribution is 2.10. The number of rotatable bonds is 3. The summed E-state index contributed by atoms with van der Waals surface area (Å²) in [6.07, 6.45) is 2.90. The highest BCUT2D eigenvalue weighted by Gasteiger charge is 2.04. The molecular formula is C13H15NO. The first-order valence-electron chi connectivity index (χ1n) is 5.13. The third-order valence-corrected chi connectivity index (χ3v) is 2.06. The Balaban J connectivity index is 2.68. The van der Waals surface area contributed by atoms with Crippen molar-refractivity contribution in [2.75, 3.05) is 5.73 Å². The van der Waals surface area contributed by atoms with Gasteiger partial charge in [-0.3, -0.25) is 4.79 Å². The maximum absolute atomic E-state index is 11.6. The van der Waals surface area contributed by atoms with Crippen LogP contribution in [0.3, 0.4) is 0 Å². The average Bonchev–Trinajstić information content (AvgIpc) is 2.25. The molecule has 0 saturated carbocycles. The number of carbonyl (C=O) groups is 1. The fourth-order valence-electron chi connectivity index (χ4n) is 1.18. The van der Waals surface area contributed by atoms with E-state index in [0.717, 1.165) is 19.3 Å². The molecule has 0 spiro atoms. The third-order valence-electron chi connectivity index (χ3n) is 2.06. The first kappa shape index (κ1) is 11.3. The van der Waals surface area contributed by atoms with Gasteiger partial charge in [-0.05, 0) is 24.5 Å². The van der Waals surface area contributed by atoms with Crippen molar-refractivity contribution in [3.63, 3.8) is 0 Å². The lowest BCUT2D eigenvalue weighted by Gasteiger charge is -1.97. The van der Waals surface area contributed by atoms with E-state index in [4.69, 9.17) is 5.73 Å². The fraction of sp³-hybridized carbons (Fsp3) is 0.308. The molecule has 0 atom stereocenters. The van der Waals surface area contributed by atoms with E-state index < -0.39 is 0 Å². The molecule has 15 heavy (non-hydrogen) atoms. The van der Waals surface area contributed by atoms with Crippen LogP contribution in [-0.2, 0) is 0 Å². The van der Waals surface area contributed by atoms with E-state index in [1.807, 2.05) is 0 Å². The Hall–Kier alpha value is -1.75. The quantitative estimate of drug-likeness (QED) is 0.268. The minimum atomic E-state index is -0.191. The van der Waals surface area contributed by atoms with Gasteiger partial charge in [0.2, 0.25) is 5.78 Å². The number of para-hydroxylation sites is 1. The predicted octanol–water partition coefficient (Wildman–Crippen LogP) is 2.65. The molecule has 0 aliphatic heterocycles. The average molecular weight is 201 g/mol. The van der Waals surface area contributed by atoms with Gasteiger partial charge in [-0.2, -0.15) is 0 Å². The number of unbranched alkanes of at least 4 members (excludes halogenated alkanes) is 2. The molecular weight excluding hydrogens is 186 g/mol. The first-order valence-corrected chi connectivity index (χ1v) is 5.13. The number of hydrogen-bond donors (Lipinski definition) is 1. The molecule has 0 aliphatic carbocycles. The van der Waals surface area contributed by atoms with Gasteiger partial charge in [0, 0.05) is 12.1 Å². The largest absolute Gasteiger partial charge is 0.398 e. The van der Waals surface area contributed by atoms with E-state index in [9.17, 15) is 4.79 Å². The number of nitrogens with two attached hydrogens (primary N) is 1. The van der Waals surface area contributed by atoms with Gasteiger partial charge in [0.25, 0.3) is 0 Å². The summed E-state index contributed by atoms with van der Waals surface area (Å²) in [6.45, 7) is 2.10. The number of hydrogen-bond acceptors (Lipinski definition) is 2. The van der Waals surface area contributed by atoms with Gasteiger partial charge >= 0.3 is 0 Å². The van der Waals surface area contributed by atoms with Crippen molar-refractivity contribution in [1.29, 1.82) is 0 Å². The van der Waals surface area contributed by atoms with Gasteiger partial charge in [0.15, 0.2) is 0 Å². The minimum Gasteiger partial charge on any atom is -0.398 e. The summed E-state index contributed by atoms with van der Waals surface area (Å²) in [6, 6.07) is 7.00. The van der Waals surface area contributed by atoms with Gasteiger partial charge in [-0.15, -0.1) is 0 Å². The SMILES string of the molecule is CCCCC#CC(=O)c1ccccc1N. The van der Waals surface area contributed by atoms with E-state index in [1.165, 1.54) is 0 Å². The Morgan fingerprint density at radius 3 is 2.80 bits per heavy atom. The maximum Gasteiger partial charge on any atom is 0.237 e. The van der Waals surface area contributed by atoms with Crippen molar-refractivity contribution in [3.8, 4) is 11.8 Å². The van der Waals surface area contributed by atoms with Crippen LogP contribution in [0.1, 0.15) is 36.5 Å². The molecule has 0 aliphatic rings. The molecule has 2 nitrogen and oxygen atoms in total. The normalized spacial score (nSPS) is 9.13. The molecule has 2 heteroatoms. The van der Waals surface area contributed by atoms with E-state index in [1.54, 1.807) is 24.3 Å². The number of Topliss-reactive ketones (excluding diaryl/α,β-unsaturated/α-hetero) is 1. The Morgan fingerprint density at radius 2 is 2.13 bits per heavy atom. The first-order chi connectivity index (χ1) is 7.25. The van der Waals surface area contributed by atoms with Crippen molar-refractivity contribution in [3.05, 3.63) is 29.8 Å². The van der Waals surface area contributed by atoms with Crippen LogP contribution < -0.4 is 5.73 Å². The highest BCUT2D eigenvalue weighted by atomic mass is 16.1. The molecule has 0 aromatic heterocycles. The lowest BCUT2D eigenvalue weighted by molar-refractivity contribution is 0.105. The van der Waals surface area contributed by atoms with Crippen molar-refractivity contribution in [1.82, 2.24) is 0 Å². The molecule has 1 aromatic rings. The molecule has 0 bridgehead atoms.